The molecule has 0 fully saturated rings. The molecule has 0 atom stereocenters. The number of hydrogen-bond acceptors (Lipinski definition) is 3. The maximum absolute atomic E-state index is 5.47. The van der Waals surface area contributed by atoms with Crippen LogP contribution in [0.4, 0.5) is 5.69 Å². The van der Waals surface area contributed by atoms with Gasteiger partial charge in [-0.25, -0.2) is 9.98 Å². The van der Waals surface area contributed by atoms with Crippen molar-refractivity contribution in [1.82, 2.24) is 9.55 Å². The summed E-state index contributed by atoms with van der Waals surface area (Å²) in [5.74, 6) is 0.759. The summed E-state index contributed by atoms with van der Waals surface area (Å²) < 4.78 is 7.39. The topological polar surface area (TPSA) is 39.4 Å². The van der Waals surface area contributed by atoms with Gasteiger partial charge in [-0.2, -0.15) is 0 Å². The fourth-order valence-electron chi connectivity index (χ4n) is 2.45. The molecule has 4 heteroatoms. The van der Waals surface area contributed by atoms with Crippen molar-refractivity contribution in [2.24, 2.45) is 12.0 Å². The lowest BCUT2D eigenvalue weighted by molar-refractivity contribution is 0.416. The minimum absolute atomic E-state index is 0.759. The van der Waals surface area contributed by atoms with Crippen LogP contribution in [-0.2, 0) is 7.05 Å². The first kappa shape index (κ1) is 15.0. The standard InChI is InChI=1S/C19H19N3O/c1-14-8-7-11-17(23-3)18(14)21-19(15-9-5-4-6-10-15)16-12-22(2)13-20-16/h4-13H,1-3H3. The molecule has 23 heavy (non-hydrogen) atoms. The second kappa shape index (κ2) is 6.48. The van der Waals surface area contributed by atoms with Crippen LogP contribution in [0.25, 0.3) is 0 Å². The molecular formula is C19H19N3O. The summed E-state index contributed by atoms with van der Waals surface area (Å²) in [5, 5.41) is 0. The second-order valence-electron chi connectivity index (χ2n) is 5.38. The van der Waals surface area contributed by atoms with Gasteiger partial charge in [-0.3, -0.25) is 0 Å². The summed E-state index contributed by atoms with van der Waals surface area (Å²) in [5.41, 5.74) is 4.59. The number of aromatic nitrogens is 2. The average molecular weight is 305 g/mol. The van der Waals surface area contributed by atoms with E-state index < -0.39 is 0 Å². The van der Waals surface area contributed by atoms with Gasteiger partial charge in [0.2, 0.25) is 0 Å². The van der Waals surface area contributed by atoms with E-state index in [1.54, 1.807) is 13.4 Å². The normalized spacial score (nSPS) is 11.5. The van der Waals surface area contributed by atoms with Gasteiger partial charge in [0.1, 0.15) is 17.1 Å². The Labute approximate surface area is 136 Å². The zero-order chi connectivity index (χ0) is 16.2. The fraction of sp³-hybridized carbons (Fsp3) is 0.158. The predicted octanol–water partition coefficient (Wildman–Crippen LogP) is 3.91. The van der Waals surface area contributed by atoms with Gasteiger partial charge in [0.25, 0.3) is 0 Å². The molecule has 0 N–H and O–H groups in total. The number of aliphatic imine (C=N–C) groups is 1. The average Bonchev–Trinajstić information content (AvgIpc) is 3.00. The summed E-state index contributed by atoms with van der Waals surface area (Å²) in [6.45, 7) is 2.03. The molecule has 4 nitrogen and oxygen atoms in total. The molecule has 0 aliphatic rings. The molecule has 0 aliphatic heterocycles. The zero-order valence-corrected chi connectivity index (χ0v) is 13.5. The first-order valence-electron chi connectivity index (χ1n) is 7.45. The first-order valence-corrected chi connectivity index (χ1v) is 7.45. The van der Waals surface area contributed by atoms with Crippen molar-refractivity contribution >= 4 is 11.4 Å². The molecule has 0 radical (unpaired) electrons. The lowest BCUT2D eigenvalue weighted by Gasteiger charge is -2.10. The summed E-state index contributed by atoms with van der Waals surface area (Å²) in [4.78, 5) is 9.36. The SMILES string of the molecule is COc1cccc(C)c1N=C(c1ccccc1)c1cn(C)cn1. The first-order chi connectivity index (χ1) is 11.2. The van der Waals surface area contributed by atoms with Crippen LogP contribution in [0.2, 0.25) is 0 Å². The maximum Gasteiger partial charge on any atom is 0.144 e. The van der Waals surface area contributed by atoms with Crippen LogP contribution in [0.3, 0.4) is 0 Å². The smallest absolute Gasteiger partial charge is 0.144 e. The van der Waals surface area contributed by atoms with Crippen molar-refractivity contribution in [3.63, 3.8) is 0 Å². The van der Waals surface area contributed by atoms with E-state index in [-0.39, 0.29) is 0 Å². The van der Waals surface area contributed by atoms with E-state index in [9.17, 15) is 0 Å². The van der Waals surface area contributed by atoms with Gasteiger partial charge in [-0.15, -0.1) is 0 Å². The van der Waals surface area contributed by atoms with Gasteiger partial charge >= 0.3 is 0 Å². The van der Waals surface area contributed by atoms with Gasteiger partial charge in [-0.1, -0.05) is 42.5 Å². The van der Waals surface area contributed by atoms with Crippen LogP contribution < -0.4 is 4.74 Å². The van der Waals surface area contributed by atoms with E-state index >= 15 is 0 Å². The van der Waals surface area contributed by atoms with Crippen LogP contribution >= 0.6 is 0 Å². The molecule has 116 valence electrons. The summed E-state index contributed by atoms with van der Waals surface area (Å²) in [6, 6.07) is 16.0. The Morgan fingerprint density at radius 1 is 1.09 bits per heavy atom. The molecular weight excluding hydrogens is 286 g/mol. The minimum Gasteiger partial charge on any atom is -0.494 e. The Morgan fingerprint density at radius 2 is 1.87 bits per heavy atom. The molecule has 0 saturated heterocycles. The number of nitrogens with zero attached hydrogens (tertiary/aromatic N) is 3. The van der Waals surface area contributed by atoms with Crippen LogP contribution in [-0.4, -0.2) is 22.4 Å². The van der Waals surface area contributed by atoms with Crippen LogP contribution in [0.1, 0.15) is 16.8 Å². The molecule has 0 amide bonds. The molecule has 0 saturated carbocycles. The minimum atomic E-state index is 0.759. The monoisotopic (exact) mass is 305 g/mol. The number of ether oxygens (including phenoxy) is 1. The number of benzene rings is 2. The number of methoxy groups -OCH3 is 1. The van der Waals surface area contributed by atoms with Crippen LogP contribution in [0.15, 0.2) is 66.0 Å². The molecule has 1 heterocycles. The lowest BCUT2D eigenvalue weighted by Crippen LogP contribution is -2.04. The Kier molecular flexibility index (Phi) is 4.24. The van der Waals surface area contributed by atoms with Crippen molar-refractivity contribution in [1.29, 1.82) is 0 Å². The van der Waals surface area contributed by atoms with Gasteiger partial charge in [-0.05, 0) is 18.6 Å². The predicted molar refractivity (Wildman–Crippen MR) is 92.7 cm³/mol. The van der Waals surface area contributed by atoms with Gasteiger partial charge in [0.15, 0.2) is 0 Å². The van der Waals surface area contributed by atoms with E-state index in [1.165, 1.54) is 0 Å². The molecule has 0 unspecified atom stereocenters. The zero-order valence-electron chi connectivity index (χ0n) is 13.5. The van der Waals surface area contributed by atoms with Crippen LogP contribution in [0, 0.1) is 6.92 Å². The lowest BCUT2D eigenvalue weighted by atomic mass is 10.1. The third-order valence-corrected chi connectivity index (χ3v) is 3.64. The molecule has 3 rings (SSSR count). The highest BCUT2D eigenvalue weighted by Crippen LogP contribution is 2.32. The van der Waals surface area contributed by atoms with E-state index in [0.717, 1.165) is 34.0 Å². The Bertz CT molecular complexity index is 835. The number of rotatable bonds is 4. The van der Waals surface area contributed by atoms with E-state index in [0.29, 0.717) is 0 Å². The fourth-order valence-corrected chi connectivity index (χ4v) is 2.45. The summed E-state index contributed by atoms with van der Waals surface area (Å²) >= 11 is 0. The van der Waals surface area contributed by atoms with Crippen molar-refractivity contribution in [2.45, 2.75) is 6.92 Å². The number of aryl methyl sites for hydroxylation is 2. The second-order valence-corrected chi connectivity index (χ2v) is 5.38. The molecule has 0 spiro atoms. The Balaban J connectivity index is 2.20. The number of para-hydroxylation sites is 1. The van der Waals surface area contributed by atoms with Gasteiger partial charge in [0.05, 0.1) is 19.1 Å². The Hall–Kier alpha value is -2.88. The van der Waals surface area contributed by atoms with Gasteiger partial charge in [0, 0.05) is 18.8 Å². The molecule has 3 aromatic rings. The largest absolute Gasteiger partial charge is 0.494 e. The van der Waals surface area contributed by atoms with Crippen molar-refractivity contribution in [2.75, 3.05) is 7.11 Å². The highest BCUT2D eigenvalue weighted by molar-refractivity contribution is 6.13. The quantitative estimate of drug-likeness (QED) is 0.686. The highest BCUT2D eigenvalue weighted by Gasteiger charge is 2.13. The molecule has 0 bridgehead atoms. The van der Waals surface area contributed by atoms with E-state index in [4.69, 9.17) is 9.73 Å². The molecule has 1 aromatic heterocycles. The van der Waals surface area contributed by atoms with Crippen molar-refractivity contribution in [3.8, 4) is 5.75 Å². The number of hydrogen-bond donors (Lipinski definition) is 0. The highest BCUT2D eigenvalue weighted by atomic mass is 16.5. The third kappa shape index (κ3) is 3.16. The van der Waals surface area contributed by atoms with Crippen LogP contribution in [0.5, 0.6) is 5.75 Å². The van der Waals surface area contributed by atoms with Gasteiger partial charge < -0.3 is 9.30 Å². The van der Waals surface area contributed by atoms with Crippen molar-refractivity contribution in [3.05, 3.63) is 77.9 Å². The van der Waals surface area contributed by atoms with Crippen molar-refractivity contribution < 1.29 is 4.74 Å². The van der Waals surface area contributed by atoms with E-state index in [1.807, 2.05) is 73.3 Å². The summed E-state index contributed by atoms with van der Waals surface area (Å²) in [7, 11) is 3.62. The maximum atomic E-state index is 5.47. The van der Waals surface area contributed by atoms with E-state index in [2.05, 4.69) is 4.98 Å². The third-order valence-electron chi connectivity index (χ3n) is 3.64. The molecule has 0 aliphatic carbocycles. The Morgan fingerprint density at radius 3 is 2.52 bits per heavy atom. The number of imidazole rings is 1. The summed E-state index contributed by atoms with van der Waals surface area (Å²) in [6.07, 6.45) is 3.75. The molecule has 2 aromatic carbocycles.